The van der Waals surface area contributed by atoms with Crippen molar-refractivity contribution in [1.29, 1.82) is 0 Å². The zero-order valence-corrected chi connectivity index (χ0v) is 27.5. The number of hydrogen-bond acceptors (Lipinski definition) is 10. The van der Waals surface area contributed by atoms with E-state index in [1.807, 2.05) is 46.2 Å². The van der Waals surface area contributed by atoms with Gasteiger partial charge in [0.1, 0.15) is 11.5 Å². The Morgan fingerprint density at radius 3 is 1.64 bits per heavy atom. The number of benzene rings is 3. The molecule has 4 saturated heterocycles. The molecular formula is C37H37N5O8. The summed E-state index contributed by atoms with van der Waals surface area (Å²) in [6.07, 6.45) is 0. The normalized spacial score (nSPS) is 21.0. The Morgan fingerprint density at radius 1 is 0.660 bits per heavy atom. The van der Waals surface area contributed by atoms with Crippen molar-refractivity contribution in [2.24, 2.45) is 17.6 Å². The summed E-state index contributed by atoms with van der Waals surface area (Å²) < 4.78 is 23.8. The first-order valence-corrected chi connectivity index (χ1v) is 17.2. The fraction of sp³-hybridized carbons (Fsp3) is 0.405. The van der Waals surface area contributed by atoms with Crippen LogP contribution in [0.15, 0.2) is 54.6 Å². The van der Waals surface area contributed by atoms with Crippen molar-refractivity contribution in [2.45, 2.75) is 5.60 Å². The number of anilines is 2. The number of rotatable bonds is 5. The number of ether oxygens (including phenoxy) is 4. The van der Waals surface area contributed by atoms with Gasteiger partial charge >= 0.3 is 5.97 Å². The molecule has 4 fully saturated rings. The van der Waals surface area contributed by atoms with E-state index in [2.05, 4.69) is 9.80 Å². The third kappa shape index (κ3) is 4.82. The summed E-state index contributed by atoms with van der Waals surface area (Å²) in [5, 5.41) is 0. The molecule has 0 saturated carbocycles. The van der Waals surface area contributed by atoms with Crippen LogP contribution in [0.25, 0.3) is 0 Å². The van der Waals surface area contributed by atoms with Crippen LogP contribution in [0.3, 0.4) is 0 Å². The lowest BCUT2D eigenvalue weighted by molar-refractivity contribution is -0.141. The van der Waals surface area contributed by atoms with Crippen LogP contribution in [0.4, 0.5) is 11.4 Å². The Kier molecular flexibility index (Phi) is 7.25. The fourth-order valence-corrected chi connectivity index (χ4v) is 8.02. The molecule has 6 aliphatic rings. The molecule has 3 aromatic rings. The number of nitrogens with zero attached hydrogens (tertiary/aromatic N) is 4. The number of hydrogen-bond donors (Lipinski definition) is 1. The Morgan fingerprint density at radius 2 is 1.16 bits per heavy atom. The summed E-state index contributed by atoms with van der Waals surface area (Å²) in [5.74, 6) is 0.00175. The van der Waals surface area contributed by atoms with Crippen molar-refractivity contribution in [1.82, 2.24) is 9.80 Å². The Bertz CT molecular complexity index is 1830. The standard InChI is InChI=1S/C37H37N5O8/c38-33(43)22-1-4-27-30(15-22)37(50-36(27)46)28-5-2-25(41-18-23(19-41)34(44)39-7-11-47-12-8-39)16-31(28)49-32-17-26(3-6-29(32)37)42-20-24(21-42)35(45)40-9-13-48-14-10-40/h1-6,15-17,23-24H,7-14,18-21H2,(H2,38,43). The third-order valence-electron chi connectivity index (χ3n) is 10.9. The van der Waals surface area contributed by atoms with E-state index in [1.165, 1.54) is 6.07 Å². The molecule has 0 bridgehead atoms. The first-order chi connectivity index (χ1) is 24.3. The molecule has 2 N–H and O–H groups in total. The summed E-state index contributed by atoms with van der Waals surface area (Å²) in [6.45, 7) is 7.06. The number of fused-ring (bicyclic) bond motifs is 6. The van der Waals surface area contributed by atoms with Crippen molar-refractivity contribution >= 4 is 35.1 Å². The van der Waals surface area contributed by atoms with Gasteiger partial charge in [0.05, 0.1) is 43.8 Å². The Balaban J connectivity index is 1.04. The van der Waals surface area contributed by atoms with Crippen molar-refractivity contribution < 1.29 is 38.1 Å². The molecule has 1 spiro atoms. The average molecular weight is 680 g/mol. The number of primary amides is 1. The maximum Gasteiger partial charge on any atom is 0.340 e. The summed E-state index contributed by atoms with van der Waals surface area (Å²) >= 11 is 0. The molecule has 0 unspecified atom stereocenters. The van der Waals surface area contributed by atoms with Crippen LogP contribution in [0.2, 0.25) is 0 Å². The topological polar surface area (TPSA) is 144 Å². The zero-order valence-electron chi connectivity index (χ0n) is 27.5. The van der Waals surface area contributed by atoms with E-state index in [0.717, 1.165) is 11.4 Å². The predicted octanol–water partition coefficient (Wildman–Crippen LogP) is 1.94. The van der Waals surface area contributed by atoms with E-state index in [4.69, 9.17) is 24.7 Å². The molecular weight excluding hydrogens is 642 g/mol. The second-order valence-electron chi connectivity index (χ2n) is 13.7. The van der Waals surface area contributed by atoms with Gasteiger partial charge < -0.3 is 44.3 Å². The monoisotopic (exact) mass is 679 g/mol. The minimum atomic E-state index is -1.38. The van der Waals surface area contributed by atoms with Gasteiger partial charge in [-0.3, -0.25) is 14.4 Å². The Labute approximate surface area is 288 Å². The van der Waals surface area contributed by atoms with E-state index in [0.29, 0.717) is 113 Å². The average Bonchev–Trinajstić information content (AvgIpc) is 3.39. The number of carbonyl (C=O) groups excluding carboxylic acids is 4. The number of nitrogens with two attached hydrogens (primary N) is 1. The largest absolute Gasteiger partial charge is 0.456 e. The van der Waals surface area contributed by atoms with E-state index in [9.17, 15) is 19.2 Å². The molecule has 258 valence electrons. The molecule has 0 aliphatic carbocycles. The molecule has 6 aliphatic heterocycles. The zero-order chi connectivity index (χ0) is 34.1. The van der Waals surface area contributed by atoms with Gasteiger partial charge in [0.15, 0.2) is 5.60 Å². The van der Waals surface area contributed by atoms with Gasteiger partial charge in [-0.1, -0.05) is 0 Å². The SMILES string of the molecule is NC(=O)c1ccc2c(c1)C1(OC2=O)c2ccc(N3CC(C(=O)N4CCOCC4)C3)cc2Oc2cc(N3CC(C(=O)N4CCOCC4)C3)ccc21. The van der Waals surface area contributed by atoms with Gasteiger partial charge in [-0.2, -0.15) is 0 Å². The smallest absolute Gasteiger partial charge is 0.340 e. The highest BCUT2D eigenvalue weighted by Gasteiger charge is 2.54. The van der Waals surface area contributed by atoms with Crippen LogP contribution < -0.4 is 20.3 Å². The molecule has 13 nitrogen and oxygen atoms in total. The first-order valence-electron chi connectivity index (χ1n) is 17.2. The van der Waals surface area contributed by atoms with Gasteiger partial charge in [0.25, 0.3) is 0 Å². The van der Waals surface area contributed by atoms with E-state index >= 15 is 0 Å². The number of morpholine rings is 2. The fourth-order valence-electron chi connectivity index (χ4n) is 8.02. The highest BCUT2D eigenvalue weighted by Crippen LogP contribution is 2.57. The lowest BCUT2D eigenvalue weighted by Gasteiger charge is -2.44. The summed E-state index contributed by atoms with van der Waals surface area (Å²) in [6, 6.07) is 16.3. The summed E-state index contributed by atoms with van der Waals surface area (Å²) in [4.78, 5) is 60.0. The lowest BCUT2D eigenvalue weighted by Crippen LogP contribution is -2.56. The summed E-state index contributed by atoms with van der Waals surface area (Å²) in [5.41, 5.74) is 8.45. The van der Waals surface area contributed by atoms with Crippen molar-refractivity contribution in [2.75, 3.05) is 88.6 Å². The minimum Gasteiger partial charge on any atom is -0.456 e. The number of carbonyl (C=O) groups is 4. The lowest BCUT2D eigenvalue weighted by atomic mass is 9.77. The van der Waals surface area contributed by atoms with Crippen LogP contribution in [0, 0.1) is 11.8 Å². The van der Waals surface area contributed by atoms with Gasteiger partial charge in [-0.05, 0) is 42.5 Å². The van der Waals surface area contributed by atoms with Crippen LogP contribution in [-0.2, 0) is 29.4 Å². The first kappa shape index (κ1) is 30.9. The van der Waals surface area contributed by atoms with Crippen molar-refractivity contribution in [3.63, 3.8) is 0 Å². The minimum absolute atomic E-state index is 0.0926. The van der Waals surface area contributed by atoms with Gasteiger partial charge in [-0.25, -0.2) is 4.79 Å². The highest BCUT2D eigenvalue weighted by atomic mass is 16.6. The molecule has 9 rings (SSSR count). The van der Waals surface area contributed by atoms with E-state index in [1.54, 1.807) is 12.1 Å². The van der Waals surface area contributed by atoms with Gasteiger partial charge in [0.2, 0.25) is 17.7 Å². The van der Waals surface area contributed by atoms with Crippen LogP contribution >= 0.6 is 0 Å². The van der Waals surface area contributed by atoms with Crippen LogP contribution in [0.1, 0.15) is 37.4 Å². The summed E-state index contributed by atoms with van der Waals surface area (Å²) in [7, 11) is 0. The van der Waals surface area contributed by atoms with Crippen molar-refractivity contribution in [3.8, 4) is 11.5 Å². The third-order valence-corrected chi connectivity index (χ3v) is 10.9. The molecule has 0 atom stereocenters. The van der Waals surface area contributed by atoms with E-state index < -0.39 is 17.5 Å². The predicted molar refractivity (Wildman–Crippen MR) is 179 cm³/mol. The number of amides is 3. The molecule has 13 heteroatoms. The molecule has 6 heterocycles. The molecule has 3 amide bonds. The Hall–Kier alpha value is -5.14. The second-order valence-corrected chi connectivity index (χ2v) is 13.7. The number of esters is 1. The van der Waals surface area contributed by atoms with Gasteiger partial charge in [0, 0.05) is 98.1 Å². The van der Waals surface area contributed by atoms with Crippen LogP contribution in [-0.4, -0.2) is 112 Å². The highest BCUT2D eigenvalue weighted by molar-refractivity contribution is 6.00. The second kappa shape index (κ2) is 11.7. The van der Waals surface area contributed by atoms with E-state index in [-0.39, 0.29) is 29.2 Å². The molecule has 3 aromatic carbocycles. The quantitative estimate of drug-likeness (QED) is 0.398. The van der Waals surface area contributed by atoms with Gasteiger partial charge in [-0.15, -0.1) is 0 Å². The molecule has 50 heavy (non-hydrogen) atoms. The molecule has 0 aromatic heterocycles. The maximum absolute atomic E-state index is 13.5. The maximum atomic E-state index is 13.5. The van der Waals surface area contributed by atoms with Crippen LogP contribution in [0.5, 0.6) is 11.5 Å². The van der Waals surface area contributed by atoms with Crippen molar-refractivity contribution in [3.05, 3.63) is 82.4 Å². The molecule has 0 radical (unpaired) electrons.